The number of hydrogen-bond donors (Lipinski definition) is 3. The van der Waals surface area contributed by atoms with Gasteiger partial charge < -0.3 is 29.5 Å². The highest BCUT2D eigenvalue weighted by Crippen LogP contribution is 2.45. The lowest BCUT2D eigenvalue weighted by molar-refractivity contribution is -0.205. The van der Waals surface area contributed by atoms with E-state index in [0.29, 0.717) is 24.2 Å². The van der Waals surface area contributed by atoms with Gasteiger partial charge in [0.2, 0.25) is 0 Å². The Morgan fingerprint density at radius 1 is 1.03 bits per heavy atom. The van der Waals surface area contributed by atoms with Gasteiger partial charge in [-0.15, -0.1) is 0 Å². The fraction of sp³-hybridized carbons (Fsp3) is 0.719. The van der Waals surface area contributed by atoms with Crippen LogP contribution >= 0.6 is 0 Å². The summed E-state index contributed by atoms with van der Waals surface area (Å²) in [4.78, 5) is 11.0. The van der Waals surface area contributed by atoms with Crippen molar-refractivity contribution in [2.75, 3.05) is 13.2 Å². The maximum absolute atomic E-state index is 11.0. The van der Waals surface area contributed by atoms with Crippen molar-refractivity contribution in [2.45, 2.75) is 108 Å². The number of hydrogen-bond acceptors (Lipinski definition) is 6. The number of rotatable bonds is 13. The van der Waals surface area contributed by atoms with Crippen LogP contribution in [-0.2, 0) is 14.3 Å². The summed E-state index contributed by atoms with van der Waals surface area (Å²) >= 11 is 0. The minimum absolute atomic E-state index is 0.0331. The largest absolute Gasteiger partial charge is 0.490 e. The molecule has 0 spiro atoms. The van der Waals surface area contributed by atoms with Crippen LogP contribution < -0.4 is 4.74 Å². The molecule has 0 bridgehead atoms. The van der Waals surface area contributed by atoms with Crippen molar-refractivity contribution >= 4 is 5.97 Å². The highest BCUT2D eigenvalue weighted by atomic mass is 16.5. The molecule has 0 aromatic heterocycles. The van der Waals surface area contributed by atoms with Gasteiger partial charge in [-0.25, -0.2) is 4.79 Å². The summed E-state index contributed by atoms with van der Waals surface area (Å²) in [6.07, 6.45) is 16.2. The molecule has 3 aliphatic rings. The summed E-state index contributed by atoms with van der Waals surface area (Å²) in [6.45, 7) is 3.78. The van der Waals surface area contributed by atoms with Gasteiger partial charge >= 0.3 is 5.97 Å². The number of aliphatic hydroxyl groups is 2. The molecule has 2 aliphatic heterocycles. The van der Waals surface area contributed by atoms with Crippen LogP contribution in [0.3, 0.4) is 0 Å². The third kappa shape index (κ3) is 8.53. The fourth-order valence-corrected chi connectivity index (χ4v) is 6.90. The first kappa shape index (κ1) is 30.0. The number of carboxylic acid groups (broad SMARTS) is 1. The molecule has 39 heavy (non-hydrogen) atoms. The third-order valence-electron chi connectivity index (χ3n) is 9.10. The molecule has 218 valence electrons. The van der Waals surface area contributed by atoms with Crippen molar-refractivity contribution < 1.29 is 34.3 Å². The third-order valence-corrected chi connectivity index (χ3v) is 9.10. The van der Waals surface area contributed by atoms with Crippen molar-refractivity contribution in [3.05, 3.63) is 42.5 Å². The highest BCUT2D eigenvalue weighted by molar-refractivity contribution is 5.74. The second kappa shape index (κ2) is 14.6. The average Bonchev–Trinajstić information content (AvgIpc) is 3.35. The van der Waals surface area contributed by atoms with Crippen LogP contribution in [0.4, 0.5) is 0 Å². The lowest BCUT2D eigenvalue weighted by Gasteiger charge is -2.34. The molecular weight excluding hydrogens is 496 g/mol. The average molecular weight is 545 g/mol. The summed E-state index contributed by atoms with van der Waals surface area (Å²) in [7, 11) is 0. The molecule has 0 amide bonds. The van der Waals surface area contributed by atoms with E-state index in [1.807, 2.05) is 30.3 Å². The molecule has 1 aromatic rings. The number of carbonyl (C=O) groups is 1. The van der Waals surface area contributed by atoms with Crippen molar-refractivity contribution in [1.29, 1.82) is 0 Å². The van der Waals surface area contributed by atoms with Crippen LogP contribution in [-0.4, -0.2) is 58.6 Å². The van der Waals surface area contributed by atoms with Crippen molar-refractivity contribution in [3.63, 3.8) is 0 Å². The van der Waals surface area contributed by atoms with Gasteiger partial charge in [-0.1, -0.05) is 36.8 Å². The number of ether oxygens (including phenoxy) is 3. The van der Waals surface area contributed by atoms with Gasteiger partial charge in [-0.3, -0.25) is 0 Å². The Kier molecular flexibility index (Phi) is 11.3. The SMILES string of the molecule is CC(Oc1ccccc1)C(/C=C/[C@H]1C(C2CCCCO2)CC[C@@H]1CCCCC(O)(O)C(=O)O)C1CCCCO1. The number of carboxylic acids is 1. The second-order valence-electron chi connectivity index (χ2n) is 11.9. The number of unbranched alkanes of at least 4 members (excludes halogenated alkanes) is 1. The Labute approximate surface area is 233 Å². The summed E-state index contributed by atoms with van der Waals surface area (Å²) in [5, 5.41) is 28.4. The van der Waals surface area contributed by atoms with Gasteiger partial charge in [0, 0.05) is 25.6 Å². The first-order valence-electron chi connectivity index (χ1n) is 15.2. The minimum Gasteiger partial charge on any atom is -0.490 e. The van der Waals surface area contributed by atoms with Gasteiger partial charge in [0.25, 0.3) is 5.79 Å². The van der Waals surface area contributed by atoms with Crippen LogP contribution in [0.2, 0.25) is 0 Å². The molecule has 2 heterocycles. The Bertz CT molecular complexity index is 889. The predicted molar refractivity (Wildman–Crippen MR) is 149 cm³/mol. The topological polar surface area (TPSA) is 105 Å². The Morgan fingerprint density at radius 2 is 1.77 bits per heavy atom. The molecule has 4 rings (SSSR count). The van der Waals surface area contributed by atoms with Gasteiger partial charge in [-0.05, 0) is 101 Å². The normalized spacial score (nSPS) is 29.8. The molecule has 0 radical (unpaired) electrons. The number of benzene rings is 1. The first-order valence-corrected chi connectivity index (χ1v) is 15.2. The molecule has 7 heteroatoms. The summed E-state index contributed by atoms with van der Waals surface area (Å²) in [5.74, 6) is -1.91. The summed E-state index contributed by atoms with van der Waals surface area (Å²) < 4.78 is 18.9. The number of para-hydroxylation sites is 1. The van der Waals surface area contributed by atoms with E-state index < -0.39 is 11.8 Å². The van der Waals surface area contributed by atoms with Crippen molar-refractivity contribution in [2.24, 2.45) is 23.7 Å². The minimum atomic E-state index is -2.64. The van der Waals surface area contributed by atoms with Crippen molar-refractivity contribution in [3.8, 4) is 5.75 Å². The standard InChI is InChI=1S/C32H48O7/c1-23(39-25-12-3-2-4-13-25)26(29-14-6-9-21-37-29)18-19-27-24(11-5-8-20-32(35,36)31(33)34)16-17-28(27)30-15-7-10-22-38-30/h2-4,12-13,18-19,23-24,26-30,35-36H,5-11,14-17,20-22H2,1H3,(H,33,34)/b19-18+/t23?,24-,26?,27+,28?,29?,30?/m0/s1. The Hall–Kier alpha value is -1.93. The van der Waals surface area contributed by atoms with Gasteiger partial charge in [0.1, 0.15) is 11.9 Å². The molecule has 3 N–H and O–H groups in total. The number of allylic oxidation sites excluding steroid dienone is 1. The van der Waals surface area contributed by atoms with E-state index in [1.54, 1.807) is 0 Å². The van der Waals surface area contributed by atoms with Crippen LogP contribution in [0.1, 0.15) is 84.0 Å². The lowest BCUT2D eigenvalue weighted by atomic mass is 9.80. The van der Waals surface area contributed by atoms with Gasteiger partial charge in [0.05, 0.1) is 12.2 Å². The zero-order valence-corrected chi connectivity index (χ0v) is 23.5. The molecule has 1 aliphatic carbocycles. The van der Waals surface area contributed by atoms with Crippen molar-refractivity contribution in [1.82, 2.24) is 0 Å². The number of aliphatic carboxylic acids is 1. The molecule has 3 fully saturated rings. The first-order chi connectivity index (χ1) is 18.8. The molecule has 5 unspecified atom stereocenters. The molecule has 7 nitrogen and oxygen atoms in total. The quantitative estimate of drug-likeness (QED) is 0.165. The smallest absolute Gasteiger partial charge is 0.364 e. The second-order valence-corrected chi connectivity index (χ2v) is 11.9. The van der Waals surface area contributed by atoms with Crippen LogP contribution in [0.25, 0.3) is 0 Å². The summed E-state index contributed by atoms with van der Waals surface area (Å²) in [6, 6.07) is 9.99. The highest BCUT2D eigenvalue weighted by Gasteiger charge is 2.40. The monoisotopic (exact) mass is 544 g/mol. The van der Waals surface area contributed by atoms with Crippen LogP contribution in [0, 0.1) is 23.7 Å². The Morgan fingerprint density at radius 3 is 2.44 bits per heavy atom. The molecule has 1 saturated carbocycles. The molecular formula is C32H48O7. The maximum Gasteiger partial charge on any atom is 0.364 e. The maximum atomic E-state index is 11.0. The molecule has 7 atom stereocenters. The van der Waals surface area contributed by atoms with E-state index in [4.69, 9.17) is 19.3 Å². The fourth-order valence-electron chi connectivity index (χ4n) is 6.90. The molecule has 1 aromatic carbocycles. The van der Waals surface area contributed by atoms with Gasteiger partial charge in [-0.2, -0.15) is 0 Å². The van der Waals surface area contributed by atoms with E-state index in [1.165, 1.54) is 12.8 Å². The zero-order valence-electron chi connectivity index (χ0n) is 23.5. The summed E-state index contributed by atoms with van der Waals surface area (Å²) in [5.41, 5.74) is 0. The zero-order chi connectivity index (χ0) is 27.7. The molecule has 2 saturated heterocycles. The van der Waals surface area contributed by atoms with E-state index >= 15 is 0 Å². The van der Waals surface area contributed by atoms with E-state index in [0.717, 1.165) is 70.3 Å². The van der Waals surface area contributed by atoms with Gasteiger partial charge in [0.15, 0.2) is 0 Å². The van der Waals surface area contributed by atoms with E-state index in [2.05, 4.69) is 19.1 Å². The van der Waals surface area contributed by atoms with E-state index in [9.17, 15) is 15.0 Å². The van der Waals surface area contributed by atoms with E-state index in [-0.39, 0.29) is 30.7 Å². The predicted octanol–water partition coefficient (Wildman–Crippen LogP) is 5.73. The van der Waals surface area contributed by atoms with Crippen LogP contribution in [0.5, 0.6) is 5.75 Å². The Balaban J connectivity index is 1.47. The van der Waals surface area contributed by atoms with Crippen LogP contribution in [0.15, 0.2) is 42.5 Å². The lowest BCUT2D eigenvalue weighted by Crippen LogP contribution is -2.38.